The highest BCUT2D eigenvalue weighted by molar-refractivity contribution is 5.94. The second kappa shape index (κ2) is 13.4. The SMILES string of the molecule is CCOc1ccc(COc2c(OC)cc(/C=C/C(=O)OCC(=O)Nc3ccccc3)cc2OC)cc1. The summed E-state index contributed by atoms with van der Waals surface area (Å²) in [4.78, 5) is 24.0. The van der Waals surface area contributed by atoms with E-state index < -0.39 is 18.5 Å². The van der Waals surface area contributed by atoms with E-state index in [1.54, 1.807) is 42.5 Å². The number of hydrogen-bond donors (Lipinski definition) is 1. The smallest absolute Gasteiger partial charge is 0.331 e. The van der Waals surface area contributed by atoms with Crippen LogP contribution in [0.25, 0.3) is 6.08 Å². The number of amides is 1. The zero-order valence-electron chi connectivity index (χ0n) is 20.5. The summed E-state index contributed by atoms with van der Waals surface area (Å²) in [5, 5.41) is 2.65. The van der Waals surface area contributed by atoms with Crippen molar-refractivity contribution < 1.29 is 33.3 Å². The molecule has 1 N–H and O–H groups in total. The Morgan fingerprint density at radius 3 is 2.17 bits per heavy atom. The monoisotopic (exact) mass is 491 g/mol. The van der Waals surface area contributed by atoms with E-state index in [1.165, 1.54) is 20.3 Å². The maximum atomic E-state index is 12.1. The minimum atomic E-state index is -0.660. The highest BCUT2D eigenvalue weighted by Gasteiger charge is 2.14. The van der Waals surface area contributed by atoms with Crippen LogP contribution in [0.1, 0.15) is 18.1 Å². The Bertz CT molecular complexity index is 1150. The number of methoxy groups -OCH3 is 2. The van der Waals surface area contributed by atoms with Gasteiger partial charge in [0.25, 0.3) is 5.91 Å². The molecule has 8 heteroatoms. The Labute approximate surface area is 210 Å². The second-order valence-corrected chi connectivity index (χ2v) is 7.48. The van der Waals surface area contributed by atoms with E-state index in [0.717, 1.165) is 11.3 Å². The van der Waals surface area contributed by atoms with Crippen molar-refractivity contribution >= 4 is 23.6 Å². The first-order valence-electron chi connectivity index (χ1n) is 11.3. The number of esters is 1. The lowest BCUT2D eigenvalue weighted by Crippen LogP contribution is -2.20. The normalized spacial score (nSPS) is 10.5. The van der Waals surface area contributed by atoms with Gasteiger partial charge in [-0.25, -0.2) is 4.79 Å². The van der Waals surface area contributed by atoms with Crippen LogP contribution in [0.4, 0.5) is 5.69 Å². The first-order valence-corrected chi connectivity index (χ1v) is 11.3. The predicted octanol–water partition coefficient (Wildman–Crippen LogP) is 4.88. The Hall–Kier alpha value is -4.46. The van der Waals surface area contributed by atoms with Crippen LogP contribution in [0.2, 0.25) is 0 Å². The van der Waals surface area contributed by atoms with Gasteiger partial charge < -0.3 is 29.0 Å². The fraction of sp³-hybridized carbons (Fsp3) is 0.214. The molecule has 8 nitrogen and oxygen atoms in total. The third-order valence-electron chi connectivity index (χ3n) is 4.92. The highest BCUT2D eigenvalue weighted by Crippen LogP contribution is 2.39. The Balaban J connectivity index is 1.60. The average molecular weight is 492 g/mol. The van der Waals surface area contributed by atoms with Crippen molar-refractivity contribution in [3.8, 4) is 23.0 Å². The molecule has 0 aliphatic rings. The van der Waals surface area contributed by atoms with Crippen LogP contribution in [0.5, 0.6) is 23.0 Å². The van der Waals surface area contributed by atoms with Crippen molar-refractivity contribution in [1.82, 2.24) is 0 Å². The van der Waals surface area contributed by atoms with Crippen LogP contribution in [-0.4, -0.2) is 39.3 Å². The molecule has 0 atom stereocenters. The van der Waals surface area contributed by atoms with Gasteiger partial charge in [0.15, 0.2) is 18.1 Å². The number of anilines is 1. The number of ether oxygens (including phenoxy) is 5. The minimum absolute atomic E-state index is 0.297. The third-order valence-corrected chi connectivity index (χ3v) is 4.92. The molecule has 0 saturated heterocycles. The second-order valence-electron chi connectivity index (χ2n) is 7.48. The summed E-state index contributed by atoms with van der Waals surface area (Å²) in [6, 6.07) is 19.9. The van der Waals surface area contributed by atoms with E-state index in [2.05, 4.69) is 5.32 Å². The summed E-state index contributed by atoms with van der Waals surface area (Å²) >= 11 is 0. The summed E-state index contributed by atoms with van der Waals surface area (Å²) in [5.41, 5.74) is 2.20. The molecule has 36 heavy (non-hydrogen) atoms. The molecular weight excluding hydrogens is 462 g/mol. The molecule has 0 spiro atoms. The summed E-state index contributed by atoms with van der Waals surface area (Å²) in [5.74, 6) is 1.02. The number of benzene rings is 3. The van der Waals surface area contributed by atoms with Crippen molar-refractivity contribution in [3.63, 3.8) is 0 Å². The van der Waals surface area contributed by atoms with E-state index >= 15 is 0 Å². The van der Waals surface area contributed by atoms with Gasteiger partial charge in [-0.15, -0.1) is 0 Å². The molecule has 1 amide bonds. The number of nitrogens with one attached hydrogen (secondary N) is 1. The van der Waals surface area contributed by atoms with Gasteiger partial charge in [0.2, 0.25) is 5.75 Å². The van der Waals surface area contributed by atoms with E-state index in [-0.39, 0.29) is 0 Å². The molecule has 3 rings (SSSR count). The van der Waals surface area contributed by atoms with Gasteiger partial charge in [0, 0.05) is 11.8 Å². The summed E-state index contributed by atoms with van der Waals surface area (Å²) < 4.78 is 27.4. The van der Waals surface area contributed by atoms with Crippen molar-refractivity contribution in [1.29, 1.82) is 0 Å². The number of hydrogen-bond acceptors (Lipinski definition) is 7. The van der Waals surface area contributed by atoms with Gasteiger partial charge >= 0.3 is 5.97 Å². The van der Waals surface area contributed by atoms with Gasteiger partial charge in [-0.3, -0.25) is 4.79 Å². The van der Waals surface area contributed by atoms with Gasteiger partial charge in [-0.1, -0.05) is 30.3 Å². The highest BCUT2D eigenvalue weighted by atomic mass is 16.5. The third kappa shape index (κ3) is 7.80. The molecule has 0 heterocycles. The molecule has 0 radical (unpaired) electrons. The fourth-order valence-electron chi connectivity index (χ4n) is 3.21. The van der Waals surface area contributed by atoms with Crippen molar-refractivity contribution in [2.75, 3.05) is 32.8 Å². The van der Waals surface area contributed by atoms with Gasteiger partial charge in [0.1, 0.15) is 12.4 Å². The van der Waals surface area contributed by atoms with Crippen LogP contribution in [-0.2, 0) is 20.9 Å². The Kier molecular flexibility index (Phi) is 9.76. The van der Waals surface area contributed by atoms with Crippen LogP contribution in [0.3, 0.4) is 0 Å². The van der Waals surface area contributed by atoms with Crippen LogP contribution in [0, 0.1) is 0 Å². The quantitative estimate of drug-likeness (QED) is 0.285. The molecule has 0 aliphatic heterocycles. The molecule has 0 aliphatic carbocycles. The molecule has 0 aromatic heterocycles. The molecule has 188 valence electrons. The Morgan fingerprint density at radius 1 is 0.889 bits per heavy atom. The van der Waals surface area contributed by atoms with Gasteiger partial charge in [-0.2, -0.15) is 0 Å². The lowest BCUT2D eigenvalue weighted by Gasteiger charge is -2.15. The number of carbonyl (C=O) groups excluding carboxylic acids is 2. The summed E-state index contributed by atoms with van der Waals surface area (Å²) in [6.45, 7) is 2.43. The van der Waals surface area contributed by atoms with Crippen molar-refractivity contribution in [2.24, 2.45) is 0 Å². The average Bonchev–Trinajstić information content (AvgIpc) is 2.90. The summed E-state index contributed by atoms with van der Waals surface area (Å²) in [6.07, 6.45) is 2.77. The number of para-hydroxylation sites is 1. The van der Waals surface area contributed by atoms with Crippen molar-refractivity contribution in [2.45, 2.75) is 13.5 Å². The predicted molar refractivity (Wildman–Crippen MR) is 137 cm³/mol. The summed E-state index contributed by atoms with van der Waals surface area (Å²) in [7, 11) is 3.04. The standard InChI is InChI=1S/C28H29NO7/c1-4-34-23-13-10-20(11-14-23)18-36-28-24(32-2)16-21(17-25(28)33-3)12-15-27(31)35-19-26(30)29-22-8-6-5-7-9-22/h5-17H,4,18-19H2,1-3H3,(H,29,30)/b15-12+. The number of rotatable bonds is 12. The van der Waals surface area contributed by atoms with Crippen LogP contribution < -0.4 is 24.3 Å². The molecule has 0 saturated carbocycles. The van der Waals surface area contributed by atoms with E-state index in [0.29, 0.717) is 41.7 Å². The molecule has 0 fully saturated rings. The number of carbonyl (C=O) groups is 2. The van der Waals surface area contributed by atoms with Crippen LogP contribution >= 0.6 is 0 Å². The molecular formula is C28H29NO7. The van der Waals surface area contributed by atoms with Crippen molar-refractivity contribution in [3.05, 3.63) is 83.9 Å². The zero-order valence-corrected chi connectivity index (χ0v) is 20.5. The van der Waals surface area contributed by atoms with Gasteiger partial charge in [-0.05, 0) is 60.5 Å². The minimum Gasteiger partial charge on any atom is -0.494 e. The first kappa shape index (κ1) is 26.2. The first-order chi connectivity index (χ1) is 17.5. The zero-order chi connectivity index (χ0) is 25.8. The van der Waals surface area contributed by atoms with E-state index in [4.69, 9.17) is 23.7 Å². The lowest BCUT2D eigenvalue weighted by atomic mass is 10.1. The maximum absolute atomic E-state index is 12.1. The maximum Gasteiger partial charge on any atom is 0.331 e. The molecule has 3 aromatic rings. The largest absolute Gasteiger partial charge is 0.494 e. The Morgan fingerprint density at radius 2 is 1.56 bits per heavy atom. The molecule has 0 bridgehead atoms. The fourth-order valence-corrected chi connectivity index (χ4v) is 3.21. The van der Waals surface area contributed by atoms with Crippen LogP contribution in [0.15, 0.2) is 72.8 Å². The van der Waals surface area contributed by atoms with E-state index in [1.807, 2.05) is 37.3 Å². The molecule has 3 aromatic carbocycles. The van der Waals surface area contributed by atoms with E-state index in [9.17, 15) is 9.59 Å². The lowest BCUT2D eigenvalue weighted by molar-refractivity contribution is -0.142. The topological polar surface area (TPSA) is 92.3 Å². The van der Waals surface area contributed by atoms with Gasteiger partial charge in [0.05, 0.1) is 20.8 Å². The molecule has 0 unspecified atom stereocenters.